The lowest BCUT2D eigenvalue weighted by Gasteiger charge is -2.32. The third kappa shape index (κ3) is 5.15. The van der Waals surface area contributed by atoms with Crippen molar-refractivity contribution in [2.75, 3.05) is 18.8 Å². The maximum absolute atomic E-state index is 12.8. The molecule has 1 aromatic heterocycles. The number of carbonyl (C=O) groups excluding carboxylic acids is 1. The van der Waals surface area contributed by atoms with E-state index >= 15 is 0 Å². The summed E-state index contributed by atoms with van der Waals surface area (Å²) in [5.41, 5.74) is 4.80. The predicted octanol–water partition coefficient (Wildman–Crippen LogP) is 4.61. The van der Waals surface area contributed by atoms with Gasteiger partial charge in [0.05, 0.1) is 11.4 Å². The molecule has 1 amide bonds. The smallest absolute Gasteiger partial charge is 0.233 e. The molecule has 0 aliphatic carbocycles. The minimum absolute atomic E-state index is 0.137. The van der Waals surface area contributed by atoms with Gasteiger partial charge in [0, 0.05) is 25.9 Å². The highest BCUT2D eigenvalue weighted by Gasteiger charge is 2.24. The Bertz CT molecular complexity index is 1070. The zero-order valence-corrected chi connectivity index (χ0v) is 19.8. The van der Waals surface area contributed by atoms with Crippen LogP contribution >= 0.6 is 11.8 Å². The van der Waals surface area contributed by atoms with Crippen molar-refractivity contribution in [3.05, 3.63) is 65.5 Å². The van der Waals surface area contributed by atoms with E-state index in [1.54, 1.807) is 6.33 Å². The van der Waals surface area contributed by atoms with Crippen molar-refractivity contribution >= 4 is 17.7 Å². The number of benzene rings is 2. The standard InChI is InChI=1S/C25H30N4O2S/c1-4-20-7-5-6-8-23(20)29-17-26-27-25(29)32-16-24(30)28-13-11-21(12-14-28)31-22-10-9-18(2)19(3)15-22/h5-10,15,17,21H,4,11-14,16H2,1-3H3. The molecule has 2 aromatic carbocycles. The molecule has 0 unspecified atom stereocenters. The van der Waals surface area contributed by atoms with Crippen molar-refractivity contribution in [2.24, 2.45) is 0 Å². The third-order valence-electron chi connectivity index (χ3n) is 6.05. The third-order valence-corrected chi connectivity index (χ3v) is 6.98. The number of likely N-dealkylation sites (tertiary alicyclic amines) is 1. The summed E-state index contributed by atoms with van der Waals surface area (Å²) in [6, 6.07) is 14.4. The minimum Gasteiger partial charge on any atom is -0.490 e. The fourth-order valence-electron chi connectivity index (χ4n) is 3.95. The van der Waals surface area contributed by atoms with Gasteiger partial charge in [0.15, 0.2) is 5.16 Å². The summed E-state index contributed by atoms with van der Waals surface area (Å²) in [5.74, 6) is 1.41. The number of piperidine rings is 1. The minimum atomic E-state index is 0.137. The van der Waals surface area contributed by atoms with Crippen molar-refractivity contribution in [1.29, 1.82) is 0 Å². The van der Waals surface area contributed by atoms with Crippen LogP contribution in [0.15, 0.2) is 53.9 Å². The van der Waals surface area contributed by atoms with Crippen molar-refractivity contribution in [1.82, 2.24) is 19.7 Å². The molecule has 0 radical (unpaired) electrons. The fourth-order valence-corrected chi connectivity index (χ4v) is 4.78. The van der Waals surface area contributed by atoms with Gasteiger partial charge in [0.25, 0.3) is 0 Å². The molecule has 0 atom stereocenters. The zero-order chi connectivity index (χ0) is 22.5. The summed E-state index contributed by atoms with van der Waals surface area (Å²) in [6.45, 7) is 7.78. The summed E-state index contributed by atoms with van der Waals surface area (Å²) < 4.78 is 8.13. The second-order valence-electron chi connectivity index (χ2n) is 8.20. The summed E-state index contributed by atoms with van der Waals surface area (Å²) in [4.78, 5) is 14.8. The van der Waals surface area contributed by atoms with Crippen molar-refractivity contribution in [3.63, 3.8) is 0 Å². The maximum Gasteiger partial charge on any atom is 0.233 e. The quantitative estimate of drug-likeness (QED) is 0.492. The van der Waals surface area contributed by atoms with Crippen LogP contribution in [0.2, 0.25) is 0 Å². The highest BCUT2D eigenvalue weighted by atomic mass is 32.2. The fraction of sp³-hybridized carbons (Fsp3) is 0.400. The average Bonchev–Trinajstić information content (AvgIpc) is 3.29. The van der Waals surface area contributed by atoms with Crippen LogP contribution in [0.4, 0.5) is 0 Å². The average molecular weight is 451 g/mol. The number of thioether (sulfide) groups is 1. The van der Waals surface area contributed by atoms with Crippen LogP contribution in [-0.4, -0.2) is 50.5 Å². The first kappa shape index (κ1) is 22.4. The molecule has 6 nitrogen and oxygen atoms in total. The Balaban J connectivity index is 1.30. The number of carbonyl (C=O) groups is 1. The maximum atomic E-state index is 12.8. The van der Waals surface area contributed by atoms with E-state index in [1.165, 1.54) is 28.5 Å². The van der Waals surface area contributed by atoms with Gasteiger partial charge in [0.1, 0.15) is 18.2 Å². The highest BCUT2D eigenvalue weighted by molar-refractivity contribution is 7.99. The van der Waals surface area contributed by atoms with Gasteiger partial charge in [-0.3, -0.25) is 9.36 Å². The second kappa shape index (κ2) is 10.2. The zero-order valence-electron chi connectivity index (χ0n) is 19.0. The lowest BCUT2D eigenvalue weighted by atomic mass is 10.1. The second-order valence-corrected chi connectivity index (χ2v) is 9.14. The predicted molar refractivity (Wildman–Crippen MR) is 128 cm³/mol. The Morgan fingerprint density at radius 1 is 1.12 bits per heavy atom. The Morgan fingerprint density at radius 3 is 2.66 bits per heavy atom. The van der Waals surface area contributed by atoms with Gasteiger partial charge in [-0.25, -0.2) is 0 Å². The lowest BCUT2D eigenvalue weighted by Crippen LogP contribution is -2.42. The summed E-state index contributed by atoms with van der Waals surface area (Å²) >= 11 is 1.44. The SMILES string of the molecule is CCc1ccccc1-n1cnnc1SCC(=O)N1CCC(Oc2ccc(C)c(C)c2)CC1. The van der Waals surface area contributed by atoms with Gasteiger partial charge >= 0.3 is 0 Å². The molecule has 0 spiro atoms. The van der Waals surface area contributed by atoms with Gasteiger partial charge in [-0.2, -0.15) is 0 Å². The van der Waals surface area contributed by atoms with Gasteiger partial charge in [0.2, 0.25) is 5.91 Å². The number of amides is 1. The topological polar surface area (TPSA) is 60.2 Å². The van der Waals surface area contributed by atoms with Crippen LogP contribution in [0.1, 0.15) is 36.5 Å². The molecule has 1 fully saturated rings. The first-order chi connectivity index (χ1) is 15.5. The van der Waals surface area contributed by atoms with E-state index in [-0.39, 0.29) is 12.0 Å². The van der Waals surface area contributed by atoms with E-state index in [9.17, 15) is 4.79 Å². The molecule has 1 aliphatic rings. The van der Waals surface area contributed by atoms with Gasteiger partial charge in [-0.1, -0.05) is 43.0 Å². The summed E-state index contributed by atoms with van der Waals surface area (Å²) in [5, 5.41) is 9.06. The summed E-state index contributed by atoms with van der Waals surface area (Å²) in [6.07, 6.45) is 4.50. The van der Waals surface area contributed by atoms with Crippen LogP contribution < -0.4 is 4.74 Å². The molecule has 2 heterocycles. The molecule has 1 aliphatic heterocycles. The molecule has 0 bridgehead atoms. The number of aryl methyl sites for hydroxylation is 3. The van der Waals surface area contributed by atoms with Gasteiger partial charge in [-0.05, 0) is 55.2 Å². The Kier molecular flexibility index (Phi) is 7.15. The number of nitrogens with zero attached hydrogens (tertiary/aromatic N) is 4. The Morgan fingerprint density at radius 2 is 1.91 bits per heavy atom. The molecule has 4 rings (SSSR count). The largest absolute Gasteiger partial charge is 0.490 e. The number of aromatic nitrogens is 3. The van der Waals surface area contributed by atoms with Crippen LogP contribution in [0.3, 0.4) is 0 Å². The molecule has 168 valence electrons. The normalized spacial score (nSPS) is 14.5. The van der Waals surface area contributed by atoms with E-state index < -0.39 is 0 Å². The Hall–Kier alpha value is -2.80. The summed E-state index contributed by atoms with van der Waals surface area (Å²) in [7, 11) is 0. The number of hydrogen-bond acceptors (Lipinski definition) is 5. The molecule has 7 heteroatoms. The monoisotopic (exact) mass is 450 g/mol. The van der Waals surface area contributed by atoms with Gasteiger partial charge in [-0.15, -0.1) is 10.2 Å². The number of rotatable bonds is 7. The van der Waals surface area contributed by atoms with Crippen LogP contribution in [0, 0.1) is 13.8 Å². The first-order valence-electron chi connectivity index (χ1n) is 11.2. The lowest BCUT2D eigenvalue weighted by molar-refractivity contribution is -0.130. The van der Waals surface area contributed by atoms with Crippen molar-refractivity contribution in [3.8, 4) is 11.4 Å². The number of para-hydroxylation sites is 1. The highest BCUT2D eigenvalue weighted by Crippen LogP contribution is 2.25. The molecule has 3 aromatic rings. The van der Waals surface area contributed by atoms with Crippen LogP contribution in [0.25, 0.3) is 5.69 Å². The first-order valence-corrected chi connectivity index (χ1v) is 12.2. The van der Waals surface area contributed by atoms with E-state index in [0.29, 0.717) is 5.75 Å². The molecule has 32 heavy (non-hydrogen) atoms. The van der Waals surface area contributed by atoms with Crippen molar-refractivity contribution < 1.29 is 9.53 Å². The number of ether oxygens (including phenoxy) is 1. The Labute approximate surface area is 194 Å². The van der Waals surface area contributed by atoms with E-state index in [4.69, 9.17) is 4.74 Å². The molecule has 0 saturated carbocycles. The molecule has 1 saturated heterocycles. The van der Waals surface area contributed by atoms with Crippen LogP contribution in [-0.2, 0) is 11.2 Å². The van der Waals surface area contributed by atoms with Crippen LogP contribution in [0.5, 0.6) is 5.75 Å². The molecular formula is C25H30N4O2S. The van der Waals surface area contributed by atoms with Gasteiger partial charge < -0.3 is 9.64 Å². The number of hydrogen-bond donors (Lipinski definition) is 0. The van der Waals surface area contributed by atoms with E-state index in [1.807, 2.05) is 27.7 Å². The molecular weight excluding hydrogens is 420 g/mol. The molecule has 0 N–H and O–H groups in total. The van der Waals surface area contributed by atoms with Crippen molar-refractivity contribution in [2.45, 2.75) is 51.3 Å². The van der Waals surface area contributed by atoms with E-state index in [2.05, 4.69) is 55.2 Å². The van der Waals surface area contributed by atoms with E-state index in [0.717, 1.165) is 48.9 Å².